The predicted octanol–water partition coefficient (Wildman–Crippen LogP) is 2.37. The molecule has 62 valence electrons. The second-order valence-electron chi connectivity index (χ2n) is 2.27. The fraction of sp³-hybridized carbons (Fsp3) is 0.444. The van der Waals surface area contributed by atoms with Crippen molar-refractivity contribution in [2.24, 2.45) is 0 Å². The molecular formula is C9H14O2. The maximum Gasteiger partial charge on any atom is 0.328 e. The van der Waals surface area contributed by atoms with E-state index in [1.807, 2.05) is 6.08 Å². The number of allylic oxidation sites excluding steroid dienone is 3. The first-order valence-corrected chi connectivity index (χ1v) is 3.83. The van der Waals surface area contributed by atoms with Gasteiger partial charge in [0.1, 0.15) is 0 Å². The number of carboxylic acid groups (broad SMARTS) is 1. The zero-order chi connectivity index (χ0) is 8.53. The third-order valence-corrected chi connectivity index (χ3v) is 1.21. The van der Waals surface area contributed by atoms with E-state index in [0.717, 1.165) is 18.9 Å². The number of aliphatic carboxylic acids is 1. The average Bonchev–Trinajstić information content (AvgIpc) is 1.96. The summed E-state index contributed by atoms with van der Waals surface area (Å²) >= 11 is 0. The van der Waals surface area contributed by atoms with Crippen LogP contribution in [0.15, 0.2) is 24.3 Å². The fourth-order valence-electron chi connectivity index (χ4n) is 0.635. The van der Waals surface area contributed by atoms with Gasteiger partial charge in [-0.2, -0.15) is 0 Å². The summed E-state index contributed by atoms with van der Waals surface area (Å²) in [7, 11) is 0. The first kappa shape index (κ1) is 9.95. The maximum absolute atomic E-state index is 9.97. The highest BCUT2D eigenvalue weighted by molar-refractivity contribution is 5.80. The van der Waals surface area contributed by atoms with E-state index in [-0.39, 0.29) is 0 Å². The molecule has 2 nitrogen and oxygen atoms in total. The lowest BCUT2D eigenvalue weighted by molar-refractivity contribution is -0.131. The van der Waals surface area contributed by atoms with Crippen molar-refractivity contribution in [2.45, 2.75) is 26.2 Å². The molecule has 0 fully saturated rings. The lowest BCUT2D eigenvalue weighted by atomic mass is 10.2. The second-order valence-corrected chi connectivity index (χ2v) is 2.27. The van der Waals surface area contributed by atoms with Crippen molar-refractivity contribution in [3.05, 3.63) is 24.3 Å². The van der Waals surface area contributed by atoms with Crippen molar-refractivity contribution in [1.82, 2.24) is 0 Å². The van der Waals surface area contributed by atoms with Crippen molar-refractivity contribution in [2.75, 3.05) is 0 Å². The number of carbonyl (C=O) groups is 1. The third-order valence-electron chi connectivity index (χ3n) is 1.21. The molecule has 0 radical (unpaired) electrons. The Morgan fingerprint density at radius 3 is 2.73 bits per heavy atom. The number of hydrogen-bond donors (Lipinski definition) is 1. The summed E-state index contributed by atoms with van der Waals surface area (Å²) < 4.78 is 0. The minimum Gasteiger partial charge on any atom is -0.478 e. The molecule has 11 heavy (non-hydrogen) atoms. The van der Waals surface area contributed by atoms with Gasteiger partial charge in [0.15, 0.2) is 0 Å². The van der Waals surface area contributed by atoms with Crippen LogP contribution in [0.3, 0.4) is 0 Å². The van der Waals surface area contributed by atoms with Crippen LogP contribution in [-0.4, -0.2) is 11.1 Å². The van der Waals surface area contributed by atoms with E-state index in [0.29, 0.717) is 0 Å². The Morgan fingerprint density at radius 2 is 2.18 bits per heavy atom. The Morgan fingerprint density at radius 1 is 1.45 bits per heavy atom. The van der Waals surface area contributed by atoms with Gasteiger partial charge in [0.05, 0.1) is 0 Å². The van der Waals surface area contributed by atoms with Crippen molar-refractivity contribution in [3.63, 3.8) is 0 Å². The average molecular weight is 154 g/mol. The molecule has 0 saturated carbocycles. The molecule has 0 aliphatic carbocycles. The number of rotatable bonds is 5. The molecule has 0 aromatic rings. The smallest absolute Gasteiger partial charge is 0.328 e. The molecule has 0 bridgehead atoms. The van der Waals surface area contributed by atoms with Crippen molar-refractivity contribution in [3.8, 4) is 0 Å². The summed E-state index contributed by atoms with van der Waals surface area (Å²) in [5, 5.41) is 8.20. The third kappa shape index (κ3) is 8.95. The summed E-state index contributed by atoms with van der Waals surface area (Å²) in [6.07, 6.45) is 9.78. The Labute approximate surface area is 67.2 Å². The van der Waals surface area contributed by atoms with Crippen LogP contribution in [0, 0.1) is 0 Å². The molecule has 0 amide bonds. The van der Waals surface area contributed by atoms with E-state index in [4.69, 9.17) is 5.11 Å². The number of hydrogen-bond acceptors (Lipinski definition) is 1. The molecule has 0 aromatic heterocycles. The summed E-state index contributed by atoms with van der Waals surface area (Å²) in [4.78, 5) is 9.97. The molecule has 1 N–H and O–H groups in total. The van der Waals surface area contributed by atoms with Crippen LogP contribution in [0.5, 0.6) is 0 Å². The van der Waals surface area contributed by atoms with Crippen LogP contribution in [0.25, 0.3) is 0 Å². The molecule has 0 rings (SSSR count). The van der Waals surface area contributed by atoms with Gasteiger partial charge in [-0.1, -0.05) is 38.0 Å². The van der Waals surface area contributed by atoms with E-state index < -0.39 is 5.97 Å². The van der Waals surface area contributed by atoms with Crippen molar-refractivity contribution < 1.29 is 9.90 Å². The molecule has 0 saturated heterocycles. The van der Waals surface area contributed by atoms with Gasteiger partial charge in [0, 0.05) is 6.08 Å². The van der Waals surface area contributed by atoms with E-state index in [1.54, 1.807) is 6.08 Å². The van der Waals surface area contributed by atoms with Crippen LogP contribution in [0.1, 0.15) is 26.2 Å². The van der Waals surface area contributed by atoms with E-state index in [1.165, 1.54) is 12.5 Å². The molecular weight excluding hydrogens is 140 g/mol. The van der Waals surface area contributed by atoms with Gasteiger partial charge in [0.25, 0.3) is 0 Å². The molecule has 0 spiro atoms. The second kappa shape index (κ2) is 7.06. The van der Waals surface area contributed by atoms with E-state index in [9.17, 15) is 4.79 Å². The lowest BCUT2D eigenvalue weighted by Crippen LogP contribution is -1.84. The summed E-state index contributed by atoms with van der Waals surface area (Å²) in [6.45, 7) is 2.13. The quantitative estimate of drug-likeness (QED) is 0.375. The number of carboxylic acids is 1. The molecule has 0 heterocycles. The molecule has 2 heteroatoms. The Balaban J connectivity index is 3.36. The van der Waals surface area contributed by atoms with Gasteiger partial charge in [0.2, 0.25) is 0 Å². The fourth-order valence-corrected chi connectivity index (χ4v) is 0.635. The summed E-state index contributed by atoms with van der Waals surface area (Å²) in [5.74, 6) is -0.898. The largest absolute Gasteiger partial charge is 0.478 e. The lowest BCUT2D eigenvalue weighted by Gasteiger charge is -1.85. The van der Waals surface area contributed by atoms with Gasteiger partial charge in [-0.15, -0.1) is 0 Å². The highest BCUT2D eigenvalue weighted by atomic mass is 16.4. The van der Waals surface area contributed by atoms with Gasteiger partial charge in [-0.3, -0.25) is 0 Å². The standard InChI is InChI=1S/C9H14O2/c1-2-3-4-5-6-7-8-9(10)11/h5-8H,2-4H2,1H3,(H,10,11)/b6-5+,8-7-. The molecule has 0 aliphatic heterocycles. The predicted molar refractivity (Wildman–Crippen MR) is 45.4 cm³/mol. The maximum atomic E-state index is 9.97. The highest BCUT2D eigenvalue weighted by Gasteiger charge is 1.80. The summed E-state index contributed by atoms with van der Waals surface area (Å²) in [6, 6.07) is 0. The Kier molecular flexibility index (Phi) is 6.39. The van der Waals surface area contributed by atoms with Crippen LogP contribution in [0.4, 0.5) is 0 Å². The monoisotopic (exact) mass is 154 g/mol. The van der Waals surface area contributed by atoms with Gasteiger partial charge in [-0.05, 0) is 6.42 Å². The minimum atomic E-state index is -0.898. The van der Waals surface area contributed by atoms with Crippen molar-refractivity contribution in [1.29, 1.82) is 0 Å². The highest BCUT2D eigenvalue weighted by Crippen LogP contribution is 1.94. The van der Waals surface area contributed by atoms with Crippen molar-refractivity contribution >= 4 is 5.97 Å². The SMILES string of the molecule is CCCC/C=C/C=C\C(=O)O. The minimum absolute atomic E-state index is 0.898. The van der Waals surface area contributed by atoms with Crippen LogP contribution < -0.4 is 0 Å². The van der Waals surface area contributed by atoms with E-state index in [2.05, 4.69) is 6.92 Å². The summed E-state index contributed by atoms with van der Waals surface area (Å²) in [5.41, 5.74) is 0. The van der Waals surface area contributed by atoms with Gasteiger partial charge >= 0.3 is 5.97 Å². The Bertz CT molecular complexity index is 157. The van der Waals surface area contributed by atoms with Gasteiger partial charge in [-0.25, -0.2) is 4.79 Å². The topological polar surface area (TPSA) is 37.3 Å². The normalized spacial score (nSPS) is 11.4. The van der Waals surface area contributed by atoms with E-state index >= 15 is 0 Å². The first-order chi connectivity index (χ1) is 5.27. The molecule has 0 aliphatic rings. The molecule has 0 atom stereocenters. The van der Waals surface area contributed by atoms with Gasteiger partial charge < -0.3 is 5.11 Å². The first-order valence-electron chi connectivity index (χ1n) is 3.83. The molecule has 0 unspecified atom stereocenters. The van der Waals surface area contributed by atoms with Crippen LogP contribution in [0.2, 0.25) is 0 Å². The number of unbranched alkanes of at least 4 members (excludes halogenated alkanes) is 2. The molecule has 0 aromatic carbocycles. The zero-order valence-corrected chi connectivity index (χ0v) is 6.79. The van der Waals surface area contributed by atoms with Crippen LogP contribution >= 0.6 is 0 Å². The van der Waals surface area contributed by atoms with Crippen LogP contribution in [-0.2, 0) is 4.79 Å². The zero-order valence-electron chi connectivity index (χ0n) is 6.79. The Hall–Kier alpha value is -1.05.